The Kier molecular flexibility index (Phi) is 5.91. The SMILES string of the molecule is O=C(CCc1ncc(-c2ccc(Cl)cc2)o1)NC1CCCCCC1. The maximum atomic E-state index is 12.1. The third kappa shape index (κ3) is 4.84. The molecule has 1 aliphatic carbocycles. The summed E-state index contributed by atoms with van der Waals surface area (Å²) in [6.07, 6.45) is 9.85. The Balaban J connectivity index is 1.49. The van der Waals surface area contributed by atoms with Crippen LogP contribution in [0.3, 0.4) is 0 Å². The molecule has 0 atom stereocenters. The van der Waals surface area contributed by atoms with Crippen molar-refractivity contribution in [1.82, 2.24) is 10.3 Å². The first kappa shape index (κ1) is 17.0. The molecule has 1 aromatic heterocycles. The minimum absolute atomic E-state index is 0.0909. The summed E-state index contributed by atoms with van der Waals surface area (Å²) >= 11 is 5.89. The molecule has 0 unspecified atom stereocenters. The second-order valence-electron chi connectivity index (χ2n) is 6.38. The zero-order valence-electron chi connectivity index (χ0n) is 13.8. The van der Waals surface area contributed by atoms with E-state index in [-0.39, 0.29) is 5.91 Å². The van der Waals surface area contributed by atoms with Crippen molar-refractivity contribution in [2.45, 2.75) is 57.4 Å². The van der Waals surface area contributed by atoms with Crippen molar-refractivity contribution in [1.29, 1.82) is 0 Å². The molecule has 0 aliphatic heterocycles. The van der Waals surface area contributed by atoms with E-state index in [0.29, 0.717) is 35.6 Å². The summed E-state index contributed by atoms with van der Waals surface area (Å²) in [4.78, 5) is 16.4. The van der Waals surface area contributed by atoms with E-state index in [0.717, 1.165) is 18.4 Å². The van der Waals surface area contributed by atoms with Crippen LogP contribution in [0.4, 0.5) is 0 Å². The number of hydrogen-bond donors (Lipinski definition) is 1. The summed E-state index contributed by atoms with van der Waals surface area (Å²) in [5.74, 6) is 1.38. The molecule has 3 rings (SSSR count). The lowest BCUT2D eigenvalue weighted by Gasteiger charge is -2.15. The van der Waals surface area contributed by atoms with Crippen LogP contribution >= 0.6 is 11.6 Å². The highest BCUT2D eigenvalue weighted by Gasteiger charge is 2.15. The largest absolute Gasteiger partial charge is 0.441 e. The van der Waals surface area contributed by atoms with Gasteiger partial charge in [0.05, 0.1) is 6.20 Å². The molecule has 4 nitrogen and oxygen atoms in total. The molecule has 5 heteroatoms. The smallest absolute Gasteiger partial charge is 0.220 e. The molecule has 24 heavy (non-hydrogen) atoms. The van der Waals surface area contributed by atoms with Crippen LogP contribution in [0.15, 0.2) is 34.9 Å². The average molecular weight is 347 g/mol. The normalized spacial score (nSPS) is 15.9. The number of amides is 1. The summed E-state index contributed by atoms with van der Waals surface area (Å²) in [5.41, 5.74) is 0.932. The Labute approximate surface area is 147 Å². The second kappa shape index (κ2) is 8.34. The van der Waals surface area contributed by atoms with Crippen molar-refractivity contribution in [2.75, 3.05) is 0 Å². The van der Waals surface area contributed by atoms with Gasteiger partial charge >= 0.3 is 0 Å². The monoisotopic (exact) mass is 346 g/mol. The van der Waals surface area contributed by atoms with Gasteiger partial charge in [-0.3, -0.25) is 4.79 Å². The maximum absolute atomic E-state index is 12.1. The highest BCUT2D eigenvalue weighted by Crippen LogP contribution is 2.23. The Morgan fingerprint density at radius 2 is 1.88 bits per heavy atom. The van der Waals surface area contributed by atoms with Gasteiger partial charge in [0, 0.05) is 29.5 Å². The summed E-state index contributed by atoms with van der Waals surface area (Å²) in [6.45, 7) is 0. The fourth-order valence-electron chi connectivity index (χ4n) is 3.12. The fraction of sp³-hybridized carbons (Fsp3) is 0.474. The third-order valence-corrected chi connectivity index (χ3v) is 4.72. The topological polar surface area (TPSA) is 55.1 Å². The number of hydrogen-bond acceptors (Lipinski definition) is 3. The predicted octanol–water partition coefficient (Wildman–Crippen LogP) is 4.77. The number of aromatic nitrogens is 1. The first-order chi connectivity index (χ1) is 11.7. The molecule has 0 spiro atoms. The van der Waals surface area contributed by atoms with Crippen LogP contribution in [-0.2, 0) is 11.2 Å². The van der Waals surface area contributed by atoms with Crippen molar-refractivity contribution < 1.29 is 9.21 Å². The van der Waals surface area contributed by atoms with Gasteiger partial charge in [-0.25, -0.2) is 4.98 Å². The molecule has 1 heterocycles. The van der Waals surface area contributed by atoms with Crippen molar-refractivity contribution in [3.8, 4) is 11.3 Å². The molecule has 1 saturated carbocycles. The average Bonchev–Trinajstić information content (AvgIpc) is 2.91. The number of oxazole rings is 1. The van der Waals surface area contributed by atoms with Gasteiger partial charge in [0.2, 0.25) is 5.91 Å². The lowest BCUT2D eigenvalue weighted by Crippen LogP contribution is -2.34. The lowest BCUT2D eigenvalue weighted by molar-refractivity contribution is -0.121. The molecule has 1 N–H and O–H groups in total. The van der Waals surface area contributed by atoms with E-state index in [1.54, 1.807) is 6.20 Å². The molecule has 1 amide bonds. The van der Waals surface area contributed by atoms with Crippen LogP contribution in [0.5, 0.6) is 0 Å². The summed E-state index contributed by atoms with van der Waals surface area (Å²) in [6, 6.07) is 7.77. The van der Waals surface area contributed by atoms with Crippen LogP contribution in [-0.4, -0.2) is 16.9 Å². The van der Waals surface area contributed by atoms with Gasteiger partial charge in [-0.05, 0) is 37.1 Å². The zero-order valence-corrected chi connectivity index (χ0v) is 14.5. The quantitative estimate of drug-likeness (QED) is 0.793. The van der Waals surface area contributed by atoms with Gasteiger partial charge in [-0.1, -0.05) is 37.3 Å². The molecular formula is C19H23ClN2O2. The molecule has 2 aromatic rings. The lowest BCUT2D eigenvalue weighted by atomic mass is 10.1. The van der Waals surface area contributed by atoms with Crippen LogP contribution in [0.25, 0.3) is 11.3 Å². The van der Waals surface area contributed by atoms with Gasteiger partial charge < -0.3 is 9.73 Å². The van der Waals surface area contributed by atoms with E-state index in [1.807, 2.05) is 24.3 Å². The molecule has 0 saturated heterocycles. The minimum atomic E-state index is 0.0909. The van der Waals surface area contributed by atoms with Gasteiger partial charge in [-0.2, -0.15) is 0 Å². The number of carbonyl (C=O) groups excluding carboxylic acids is 1. The van der Waals surface area contributed by atoms with Crippen LogP contribution in [0, 0.1) is 0 Å². The van der Waals surface area contributed by atoms with Crippen LogP contribution < -0.4 is 5.32 Å². The number of carbonyl (C=O) groups is 1. The molecule has 1 aromatic carbocycles. The standard InChI is InChI=1S/C19H23ClN2O2/c20-15-9-7-14(8-10-15)17-13-21-19(24-17)12-11-18(23)22-16-5-3-1-2-4-6-16/h7-10,13,16H,1-6,11-12H2,(H,22,23). The van der Waals surface area contributed by atoms with Crippen molar-refractivity contribution in [3.63, 3.8) is 0 Å². The Morgan fingerprint density at radius 1 is 1.17 bits per heavy atom. The Bertz CT molecular complexity index is 658. The van der Waals surface area contributed by atoms with Crippen molar-refractivity contribution >= 4 is 17.5 Å². The maximum Gasteiger partial charge on any atom is 0.220 e. The summed E-state index contributed by atoms with van der Waals surface area (Å²) in [7, 11) is 0. The summed E-state index contributed by atoms with van der Waals surface area (Å²) in [5, 5.41) is 3.84. The van der Waals surface area contributed by atoms with E-state index in [4.69, 9.17) is 16.0 Å². The van der Waals surface area contributed by atoms with Crippen LogP contribution in [0.2, 0.25) is 5.02 Å². The third-order valence-electron chi connectivity index (χ3n) is 4.47. The highest BCUT2D eigenvalue weighted by atomic mass is 35.5. The van der Waals surface area contributed by atoms with E-state index in [9.17, 15) is 4.79 Å². The number of halogens is 1. The first-order valence-corrected chi connectivity index (χ1v) is 9.08. The molecule has 1 aliphatic rings. The van der Waals surface area contributed by atoms with Gasteiger partial charge in [-0.15, -0.1) is 0 Å². The van der Waals surface area contributed by atoms with Crippen molar-refractivity contribution in [3.05, 3.63) is 41.4 Å². The fourth-order valence-corrected chi connectivity index (χ4v) is 3.24. The van der Waals surface area contributed by atoms with Gasteiger partial charge in [0.15, 0.2) is 11.7 Å². The van der Waals surface area contributed by atoms with Gasteiger partial charge in [0.25, 0.3) is 0 Å². The van der Waals surface area contributed by atoms with E-state index < -0.39 is 0 Å². The van der Waals surface area contributed by atoms with Gasteiger partial charge in [0.1, 0.15) is 0 Å². The Morgan fingerprint density at radius 3 is 2.58 bits per heavy atom. The zero-order chi connectivity index (χ0) is 16.8. The number of aryl methyl sites for hydroxylation is 1. The molecule has 0 bridgehead atoms. The predicted molar refractivity (Wildman–Crippen MR) is 94.9 cm³/mol. The first-order valence-electron chi connectivity index (χ1n) is 8.71. The molecule has 128 valence electrons. The number of benzene rings is 1. The van der Waals surface area contributed by atoms with E-state index in [2.05, 4.69) is 10.3 Å². The summed E-state index contributed by atoms with van der Waals surface area (Å²) < 4.78 is 5.74. The van der Waals surface area contributed by atoms with E-state index in [1.165, 1.54) is 25.7 Å². The van der Waals surface area contributed by atoms with Crippen molar-refractivity contribution in [2.24, 2.45) is 0 Å². The van der Waals surface area contributed by atoms with E-state index >= 15 is 0 Å². The van der Waals surface area contributed by atoms with Crippen LogP contribution in [0.1, 0.15) is 50.8 Å². The second-order valence-corrected chi connectivity index (χ2v) is 6.82. The number of nitrogens with zero attached hydrogens (tertiary/aromatic N) is 1. The molecule has 0 radical (unpaired) electrons. The Hall–Kier alpha value is -1.81. The minimum Gasteiger partial charge on any atom is -0.441 e. The molecule has 1 fully saturated rings. The molecular weight excluding hydrogens is 324 g/mol. The highest BCUT2D eigenvalue weighted by molar-refractivity contribution is 6.30. The number of rotatable bonds is 5. The number of nitrogens with one attached hydrogen (secondary N) is 1.